The summed E-state index contributed by atoms with van der Waals surface area (Å²) in [5.41, 5.74) is 1.85. The lowest BCUT2D eigenvalue weighted by molar-refractivity contribution is 0.0912. The van der Waals surface area contributed by atoms with Crippen LogP contribution in [0.2, 0.25) is 0 Å². The molecule has 90 valence electrons. The van der Waals surface area contributed by atoms with Gasteiger partial charge in [0.15, 0.2) is 0 Å². The van der Waals surface area contributed by atoms with Gasteiger partial charge in [-0.25, -0.2) is 4.68 Å². The Morgan fingerprint density at radius 3 is 1.88 bits per heavy atom. The van der Waals surface area contributed by atoms with Gasteiger partial charge in [0, 0.05) is 17.8 Å². The van der Waals surface area contributed by atoms with E-state index in [0.717, 1.165) is 11.4 Å². The molecule has 0 aliphatic heterocycles. The molecule has 0 unspecified atom stereocenters. The van der Waals surface area contributed by atoms with Crippen LogP contribution in [0.3, 0.4) is 0 Å². The second-order valence-electron chi connectivity index (χ2n) is 6.35. The number of carbonyl (C=O) groups is 1. The Morgan fingerprint density at radius 1 is 1.12 bits per heavy atom. The fraction of sp³-hybridized carbons (Fsp3) is 0.692. The van der Waals surface area contributed by atoms with Crippen molar-refractivity contribution in [1.29, 1.82) is 0 Å². The van der Waals surface area contributed by atoms with Gasteiger partial charge >= 0.3 is 0 Å². The third-order valence-corrected chi connectivity index (χ3v) is 2.54. The standard InChI is InChI=1S/C13H22N2O/c1-9(16)15-11(13(5,6)7)8-10(14-15)12(2,3)4/h8H,1-7H3. The lowest BCUT2D eigenvalue weighted by Crippen LogP contribution is -2.21. The first-order chi connectivity index (χ1) is 7.03. The summed E-state index contributed by atoms with van der Waals surface area (Å²) < 4.78 is 1.53. The molecule has 0 radical (unpaired) electrons. The summed E-state index contributed by atoms with van der Waals surface area (Å²) in [7, 11) is 0. The molecule has 0 amide bonds. The van der Waals surface area contributed by atoms with E-state index >= 15 is 0 Å². The fourth-order valence-electron chi connectivity index (χ4n) is 1.52. The van der Waals surface area contributed by atoms with Crippen LogP contribution in [0.4, 0.5) is 0 Å². The zero-order valence-corrected chi connectivity index (χ0v) is 11.4. The highest BCUT2D eigenvalue weighted by molar-refractivity contribution is 5.76. The molecule has 0 saturated heterocycles. The Balaban J connectivity index is 3.38. The smallest absolute Gasteiger partial charge is 0.243 e. The van der Waals surface area contributed by atoms with Crippen LogP contribution < -0.4 is 0 Å². The van der Waals surface area contributed by atoms with Crippen molar-refractivity contribution in [2.45, 2.75) is 59.3 Å². The summed E-state index contributed by atoms with van der Waals surface area (Å²) in [4.78, 5) is 11.6. The van der Waals surface area contributed by atoms with Gasteiger partial charge in [0.2, 0.25) is 5.91 Å². The van der Waals surface area contributed by atoms with Gasteiger partial charge in [-0.1, -0.05) is 41.5 Å². The second kappa shape index (κ2) is 3.72. The van der Waals surface area contributed by atoms with Crippen LogP contribution in [0.5, 0.6) is 0 Å². The maximum atomic E-state index is 11.6. The lowest BCUT2D eigenvalue weighted by atomic mass is 9.88. The van der Waals surface area contributed by atoms with Crippen LogP contribution in [0.25, 0.3) is 0 Å². The Kier molecular flexibility index (Phi) is 3.01. The number of carbonyl (C=O) groups excluding carboxylic acids is 1. The molecule has 0 fully saturated rings. The van der Waals surface area contributed by atoms with Crippen LogP contribution in [-0.2, 0) is 10.8 Å². The molecule has 16 heavy (non-hydrogen) atoms. The molecule has 0 aliphatic carbocycles. The van der Waals surface area contributed by atoms with Crippen LogP contribution in [0.15, 0.2) is 6.07 Å². The first-order valence-corrected chi connectivity index (χ1v) is 5.65. The molecule has 0 N–H and O–H groups in total. The van der Waals surface area contributed by atoms with Gasteiger partial charge in [0.25, 0.3) is 0 Å². The number of hydrogen-bond donors (Lipinski definition) is 0. The molecular formula is C13H22N2O. The van der Waals surface area contributed by atoms with E-state index in [4.69, 9.17) is 0 Å². The van der Waals surface area contributed by atoms with E-state index in [2.05, 4.69) is 46.6 Å². The van der Waals surface area contributed by atoms with E-state index in [0.29, 0.717) is 0 Å². The lowest BCUT2D eigenvalue weighted by Gasteiger charge is -2.18. The number of hydrogen-bond acceptors (Lipinski definition) is 2. The number of rotatable bonds is 0. The van der Waals surface area contributed by atoms with Crippen LogP contribution in [0.1, 0.15) is 64.6 Å². The highest BCUT2D eigenvalue weighted by Gasteiger charge is 2.26. The number of nitrogens with zero attached hydrogens (tertiary/aromatic N) is 2. The Labute approximate surface area is 97.8 Å². The predicted octanol–water partition coefficient (Wildman–Crippen LogP) is 3.14. The zero-order chi connectivity index (χ0) is 12.7. The molecule has 0 spiro atoms. The Bertz CT molecular complexity index is 403. The Morgan fingerprint density at radius 2 is 1.62 bits per heavy atom. The van der Waals surface area contributed by atoms with Gasteiger partial charge < -0.3 is 0 Å². The third kappa shape index (κ3) is 2.52. The third-order valence-electron chi connectivity index (χ3n) is 2.54. The average molecular weight is 222 g/mol. The summed E-state index contributed by atoms with van der Waals surface area (Å²) >= 11 is 0. The summed E-state index contributed by atoms with van der Waals surface area (Å²) in [6.45, 7) is 14.1. The van der Waals surface area contributed by atoms with E-state index in [9.17, 15) is 4.79 Å². The highest BCUT2D eigenvalue weighted by atomic mass is 16.2. The van der Waals surface area contributed by atoms with Crippen molar-refractivity contribution in [2.75, 3.05) is 0 Å². The molecule has 1 aromatic rings. The van der Waals surface area contributed by atoms with Gasteiger partial charge in [-0.3, -0.25) is 4.79 Å². The first-order valence-electron chi connectivity index (χ1n) is 5.65. The van der Waals surface area contributed by atoms with Crippen molar-refractivity contribution in [3.05, 3.63) is 17.5 Å². The van der Waals surface area contributed by atoms with Crippen LogP contribution in [0, 0.1) is 0 Å². The van der Waals surface area contributed by atoms with Gasteiger partial charge in [-0.15, -0.1) is 0 Å². The van der Waals surface area contributed by atoms with Crippen molar-refractivity contribution >= 4 is 5.91 Å². The van der Waals surface area contributed by atoms with E-state index < -0.39 is 0 Å². The van der Waals surface area contributed by atoms with Crippen LogP contribution in [-0.4, -0.2) is 15.7 Å². The molecule has 0 aromatic carbocycles. The van der Waals surface area contributed by atoms with E-state index in [-0.39, 0.29) is 16.7 Å². The first kappa shape index (κ1) is 12.9. The maximum Gasteiger partial charge on any atom is 0.243 e. The van der Waals surface area contributed by atoms with Gasteiger partial charge in [0.05, 0.1) is 11.4 Å². The molecule has 0 saturated carbocycles. The van der Waals surface area contributed by atoms with Crippen molar-refractivity contribution in [3.63, 3.8) is 0 Å². The molecule has 0 atom stereocenters. The number of aromatic nitrogens is 2. The minimum Gasteiger partial charge on any atom is -0.273 e. The molecule has 1 rings (SSSR count). The van der Waals surface area contributed by atoms with Crippen molar-refractivity contribution in [3.8, 4) is 0 Å². The monoisotopic (exact) mass is 222 g/mol. The quantitative estimate of drug-likeness (QED) is 0.676. The molecule has 3 nitrogen and oxygen atoms in total. The summed E-state index contributed by atoms with van der Waals surface area (Å²) in [5.74, 6) is -0.0274. The summed E-state index contributed by atoms with van der Waals surface area (Å²) in [6, 6.07) is 2.04. The van der Waals surface area contributed by atoms with Crippen LogP contribution >= 0.6 is 0 Å². The molecule has 1 aromatic heterocycles. The predicted molar refractivity (Wildman–Crippen MR) is 65.9 cm³/mol. The minimum absolute atomic E-state index is 0.0271. The normalized spacial score (nSPS) is 12.9. The van der Waals surface area contributed by atoms with E-state index in [1.807, 2.05) is 6.07 Å². The van der Waals surface area contributed by atoms with Crippen molar-refractivity contribution < 1.29 is 4.79 Å². The van der Waals surface area contributed by atoms with Gasteiger partial charge in [-0.2, -0.15) is 5.10 Å². The van der Waals surface area contributed by atoms with Crippen molar-refractivity contribution in [2.24, 2.45) is 0 Å². The van der Waals surface area contributed by atoms with E-state index in [1.165, 1.54) is 4.68 Å². The largest absolute Gasteiger partial charge is 0.273 e. The minimum atomic E-state index is -0.0673. The molecule has 0 bridgehead atoms. The maximum absolute atomic E-state index is 11.6. The molecule has 0 aliphatic rings. The average Bonchev–Trinajstić information content (AvgIpc) is 2.44. The SMILES string of the molecule is CC(=O)n1nc(C(C)(C)C)cc1C(C)(C)C. The van der Waals surface area contributed by atoms with Gasteiger partial charge in [-0.05, 0) is 6.07 Å². The fourth-order valence-corrected chi connectivity index (χ4v) is 1.52. The topological polar surface area (TPSA) is 34.9 Å². The summed E-state index contributed by atoms with van der Waals surface area (Å²) in [5, 5.41) is 4.41. The van der Waals surface area contributed by atoms with E-state index in [1.54, 1.807) is 6.92 Å². The van der Waals surface area contributed by atoms with Crippen molar-refractivity contribution in [1.82, 2.24) is 9.78 Å². The van der Waals surface area contributed by atoms with Gasteiger partial charge in [0.1, 0.15) is 0 Å². The molecular weight excluding hydrogens is 200 g/mol. The summed E-state index contributed by atoms with van der Waals surface area (Å²) in [6.07, 6.45) is 0. The Hall–Kier alpha value is -1.12. The molecule has 3 heteroatoms. The zero-order valence-electron chi connectivity index (χ0n) is 11.4. The highest BCUT2D eigenvalue weighted by Crippen LogP contribution is 2.28. The molecule has 1 heterocycles. The second-order valence-corrected chi connectivity index (χ2v) is 6.35.